The summed E-state index contributed by atoms with van der Waals surface area (Å²) in [5, 5.41) is 14.8. The highest BCUT2D eigenvalue weighted by molar-refractivity contribution is 5.65. The van der Waals surface area contributed by atoms with Gasteiger partial charge in [-0.15, -0.1) is 6.42 Å². The van der Waals surface area contributed by atoms with Crippen molar-refractivity contribution in [1.29, 1.82) is 0 Å². The second-order valence-corrected chi connectivity index (χ2v) is 18.2. The molecule has 0 aromatic carbocycles. The van der Waals surface area contributed by atoms with Gasteiger partial charge in [0.2, 0.25) is 0 Å². The molecule has 6 heteroatoms. The van der Waals surface area contributed by atoms with Crippen LogP contribution in [0.25, 0.3) is 0 Å². The van der Waals surface area contributed by atoms with E-state index in [2.05, 4.69) is 59.7 Å². The van der Waals surface area contributed by atoms with Crippen LogP contribution >= 0.6 is 0 Å². The number of rotatable bonds is 2. The lowest BCUT2D eigenvalue weighted by atomic mass is 9.36. The minimum atomic E-state index is -0.814. The number of ether oxygens (including phenoxy) is 2. The lowest BCUT2D eigenvalue weighted by Crippen LogP contribution is -2.76. The highest BCUT2D eigenvalue weighted by Gasteiger charge is 2.89. The molecule has 0 aromatic rings. The smallest absolute Gasteiger partial charge is 0.404 e. The van der Waals surface area contributed by atoms with Gasteiger partial charge in [-0.3, -0.25) is 5.32 Å². The standard InChI is InChI=1S/C36H56N2O4/c1-11-22-26-32(9,21(2)18-36(42-26)24(19-38-36)29(5,6)40)31(8)16-17-34-20-35(34)15-13-25(41-27(37)39)28(3,4)30(35,7)14-12-23(34)33(22,31)10/h1,21-26,38,40H,12-20H2,2-10H3,(H2,37,39). The maximum Gasteiger partial charge on any atom is 0.404 e. The van der Waals surface area contributed by atoms with Crippen molar-refractivity contribution in [3.05, 3.63) is 0 Å². The summed E-state index contributed by atoms with van der Waals surface area (Å²) < 4.78 is 13.1. The number of aliphatic hydroxyl groups is 1. The molecule has 3 spiro atoms. The molecule has 2 saturated heterocycles. The quantitative estimate of drug-likeness (QED) is 0.336. The van der Waals surface area contributed by atoms with Crippen LogP contribution < -0.4 is 11.1 Å². The van der Waals surface area contributed by atoms with Crippen molar-refractivity contribution in [1.82, 2.24) is 5.32 Å². The number of amides is 1. The molecule has 1 amide bonds. The van der Waals surface area contributed by atoms with Crippen LogP contribution in [0, 0.1) is 73.9 Å². The van der Waals surface area contributed by atoms with Crippen molar-refractivity contribution in [2.75, 3.05) is 6.54 Å². The van der Waals surface area contributed by atoms with Crippen molar-refractivity contribution in [3.8, 4) is 12.3 Å². The van der Waals surface area contributed by atoms with E-state index in [-0.39, 0.29) is 61.9 Å². The molecular weight excluding hydrogens is 524 g/mol. The molecule has 0 aromatic heterocycles. The van der Waals surface area contributed by atoms with Gasteiger partial charge in [-0.05, 0) is 104 Å². The van der Waals surface area contributed by atoms with Gasteiger partial charge in [0.05, 0.1) is 17.6 Å². The van der Waals surface area contributed by atoms with Crippen LogP contribution in [0.1, 0.15) is 114 Å². The number of carbonyl (C=O) groups excluding carboxylic acids is 1. The molecule has 4 N–H and O–H groups in total. The molecule has 42 heavy (non-hydrogen) atoms. The minimum Gasteiger partial charge on any atom is -0.446 e. The molecular formula is C36H56N2O4. The van der Waals surface area contributed by atoms with Gasteiger partial charge in [-0.1, -0.05) is 54.4 Å². The van der Waals surface area contributed by atoms with Crippen molar-refractivity contribution >= 4 is 6.09 Å². The first kappa shape index (κ1) is 29.4. The Morgan fingerprint density at radius 1 is 1.05 bits per heavy atom. The first-order valence-corrected chi connectivity index (χ1v) is 16.9. The van der Waals surface area contributed by atoms with Gasteiger partial charge in [0.15, 0.2) is 0 Å². The number of hydrogen-bond donors (Lipinski definition) is 3. The van der Waals surface area contributed by atoms with Crippen LogP contribution in [0.2, 0.25) is 0 Å². The fourth-order valence-electron chi connectivity index (χ4n) is 14.3. The molecule has 5 aliphatic carbocycles. The molecule has 0 bridgehead atoms. The number of fused-ring (bicyclic) bond motifs is 4. The molecule has 2 aliphatic heterocycles. The number of nitrogens with two attached hydrogens (primary N) is 1. The zero-order chi connectivity index (χ0) is 30.7. The van der Waals surface area contributed by atoms with Gasteiger partial charge in [-0.2, -0.15) is 0 Å². The maximum absolute atomic E-state index is 11.9. The SMILES string of the molecule is C#CC1C2OC3(CC(C)C2(C)C2(C)CCC45CC46CCC(OC(N)=O)C(C)(C)C6(C)CCC5C12C)NCC3C(C)(C)O. The van der Waals surface area contributed by atoms with E-state index in [1.54, 1.807) is 0 Å². The molecule has 7 rings (SSSR count). The number of nitrogens with one attached hydrogen (secondary N) is 1. The van der Waals surface area contributed by atoms with Gasteiger partial charge < -0.3 is 20.3 Å². The monoisotopic (exact) mass is 580 g/mol. The molecule has 0 radical (unpaired) electrons. The van der Waals surface area contributed by atoms with E-state index in [1.807, 2.05) is 13.8 Å². The first-order valence-electron chi connectivity index (χ1n) is 16.9. The Morgan fingerprint density at radius 3 is 2.31 bits per heavy atom. The van der Waals surface area contributed by atoms with Crippen molar-refractivity contribution in [2.45, 2.75) is 137 Å². The summed E-state index contributed by atoms with van der Waals surface area (Å²) in [7, 11) is 0. The molecule has 5 saturated carbocycles. The third-order valence-corrected chi connectivity index (χ3v) is 17.3. The predicted octanol–water partition coefficient (Wildman–Crippen LogP) is 6.25. The molecule has 7 fully saturated rings. The Bertz CT molecular complexity index is 1270. The van der Waals surface area contributed by atoms with Crippen LogP contribution in [0.3, 0.4) is 0 Å². The van der Waals surface area contributed by atoms with E-state index in [0.29, 0.717) is 11.8 Å². The minimum absolute atomic E-state index is 0.0173. The summed E-state index contributed by atoms with van der Waals surface area (Å²) in [6.45, 7) is 21.9. The second kappa shape index (κ2) is 7.91. The van der Waals surface area contributed by atoms with E-state index in [9.17, 15) is 9.90 Å². The summed E-state index contributed by atoms with van der Waals surface area (Å²) in [6, 6.07) is 0. The Balaban J connectivity index is 1.30. The Labute approximate surface area is 254 Å². The Morgan fingerprint density at radius 2 is 1.74 bits per heavy atom. The summed E-state index contributed by atoms with van der Waals surface area (Å²) in [6.07, 6.45) is 14.7. The third-order valence-electron chi connectivity index (χ3n) is 17.3. The van der Waals surface area contributed by atoms with Crippen LogP contribution in [0.5, 0.6) is 0 Å². The summed E-state index contributed by atoms with van der Waals surface area (Å²) >= 11 is 0. The topological polar surface area (TPSA) is 93.8 Å². The molecule has 6 nitrogen and oxygen atoms in total. The van der Waals surface area contributed by atoms with E-state index >= 15 is 0 Å². The molecule has 7 aliphatic rings. The normalized spacial score (nSPS) is 58.7. The van der Waals surface area contributed by atoms with Gasteiger partial charge in [0.25, 0.3) is 0 Å². The Hall–Kier alpha value is -1.29. The molecule has 234 valence electrons. The van der Waals surface area contributed by atoms with Gasteiger partial charge in [0, 0.05) is 23.3 Å². The lowest BCUT2D eigenvalue weighted by Gasteiger charge is -2.68. The number of carbonyl (C=O) groups is 1. The van der Waals surface area contributed by atoms with Gasteiger partial charge in [-0.25, -0.2) is 4.79 Å². The zero-order valence-electron chi connectivity index (χ0n) is 27.7. The van der Waals surface area contributed by atoms with Crippen LogP contribution in [-0.4, -0.2) is 41.3 Å². The van der Waals surface area contributed by atoms with Gasteiger partial charge >= 0.3 is 6.09 Å². The van der Waals surface area contributed by atoms with Gasteiger partial charge in [0.1, 0.15) is 11.8 Å². The van der Waals surface area contributed by atoms with Crippen molar-refractivity contribution in [2.24, 2.45) is 67.3 Å². The van der Waals surface area contributed by atoms with E-state index in [4.69, 9.17) is 21.6 Å². The van der Waals surface area contributed by atoms with Crippen molar-refractivity contribution in [3.63, 3.8) is 0 Å². The largest absolute Gasteiger partial charge is 0.446 e. The highest BCUT2D eigenvalue weighted by Crippen LogP contribution is 2.93. The van der Waals surface area contributed by atoms with E-state index < -0.39 is 17.4 Å². The average molecular weight is 581 g/mol. The van der Waals surface area contributed by atoms with Crippen LogP contribution in [-0.2, 0) is 9.47 Å². The van der Waals surface area contributed by atoms with Crippen LogP contribution in [0.15, 0.2) is 0 Å². The lowest BCUT2D eigenvalue weighted by molar-refractivity contribution is -0.303. The van der Waals surface area contributed by atoms with Crippen LogP contribution in [0.4, 0.5) is 4.79 Å². The highest BCUT2D eigenvalue weighted by atomic mass is 16.6. The van der Waals surface area contributed by atoms with E-state index in [0.717, 1.165) is 38.6 Å². The first-order chi connectivity index (χ1) is 19.3. The predicted molar refractivity (Wildman–Crippen MR) is 163 cm³/mol. The fourth-order valence-corrected chi connectivity index (χ4v) is 14.3. The Kier molecular flexibility index (Phi) is 5.54. The molecule has 13 atom stereocenters. The average Bonchev–Trinajstić information content (AvgIpc) is 3.50. The fraction of sp³-hybridized carbons (Fsp3) is 0.917. The summed E-state index contributed by atoms with van der Waals surface area (Å²) in [4.78, 5) is 11.9. The van der Waals surface area contributed by atoms with E-state index in [1.165, 1.54) is 19.3 Å². The molecule has 2 heterocycles. The summed E-state index contributed by atoms with van der Waals surface area (Å²) in [5.41, 5.74) is 4.62. The second-order valence-electron chi connectivity index (χ2n) is 18.2. The molecule has 13 unspecified atom stereocenters. The zero-order valence-corrected chi connectivity index (χ0v) is 27.7. The number of terminal acetylenes is 1. The summed E-state index contributed by atoms with van der Waals surface area (Å²) in [5.74, 6) is 4.43. The maximum atomic E-state index is 11.9. The number of primary amides is 1. The third kappa shape index (κ3) is 2.78. The van der Waals surface area contributed by atoms with Crippen molar-refractivity contribution < 1.29 is 19.4 Å². The number of hydrogen-bond acceptors (Lipinski definition) is 5.